The molecule has 0 spiro atoms. The third-order valence-corrected chi connectivity index (χ3v) is 3.18. The van der Waals surface area contributed by atoms with Crippen LogP contribution in [0.5, 0.6) is 0 Å². The summed E-state index contributed by atoms with van der Waals surface area (Å²) >= 11 is 5.16. The van der Waals surface area contributed by atoms with Crippen LogP contribution in [0.2, 0.25) is 0 Å². The van der Waals surface area contributed by atoms with Gasteiger partial charge in [0.15, 0.2) is 5.11 Å². The number of nitrogens with zero attached hydrogens (tertiary/aromatic N) is 3. The molecular formula is C14H17N5O2S. The summed E-state index contributed by atoms with van der Waals surface area (Å²) in [7, 11) is 0. The molecule has 1 heterocycles. The van der Waals surface area contributed by atoms with Crippen LogP contribution in [0.4, 0.5) is 11.4 Å². The number of hydrogen-bond acceptors (Lipinski definition) is 4. The van der Waals surface area contributed by atoms with E-state index in [0.717, 1.165) is 18.7 Å². The normalized spacial score (nSPS) is 10.2. The molecule has 0 aliphatic carbocycles. The van der Waals surface area contributed by atoms with Gasteiger partial charge in [-0.25, -0.2) is 0 Å². The van der Waals surface area contributed by atoms with E-state index in [-0.39, 0.29) is 5.69 Å². The van der Waals surface area contributed by atoms with Crippen LogP contribution in [0.15, 0.2) is 36.5 Å². The molecule has 0 fully saturated rings. The summed E-state index contributed by atoms with van der Waals surface area (Å²) in [5.41, 5.74) is 1.62. The van der Waals surface area contributed by atoms with E-state index in [4.69, 9.17) is 12.2 Å². The van der Waals surface area contributed by atoms with Crippen LogP contribution in [0.3, 0.4) is 0 Å². The zero-order valence-corrected chi connectivity index (χ0v) is 13.0. The van der Waals surface area contributed by atoms with E-state index in [1.54, 1.807) is 12.1 Å². The molecule has 1 aromatic heterocycles. The van der Waals surface area contributed by atoms with Crippen molar-refractivity contribution in [1.82, 2.24) is 15.1 Å². The molecule has 0 saturated heterocycles. The number of rotatable bonds is 6. The fraction of sp³-hybridized carbons (Fsp3) is 0.286. The van der Waals surface area contributed by atoms with Crippen LogP contribution in [0.1, 0.15) is 12.1 Å². The van der Waals surface area contributed by atoms with Gasteiger partial charge in [0.1, 0.15) is 0 Å². The van der Waals surface area contributed by atoms with Crippen molar-refractivity contribution in [3.8, 4) is 0 Å². The molecule has 8 heteroatoms. The van der Waals surface area contributed by atoms with E-state index in [1.807, 2.05) is 23.9 Å². The molecule has 0 atom stereocenters. The number of anilines is 1. The van der Waals surface area contributed by atoms with Gasteiger partial charge in [-0.1, -0.05) is 6.07 Å². The van der Waals surface area contributed by atoms with Gasteiger partial charge >= 0.3 is 0 Å². The highest BCUT2D eigenvalue weighted by molar-refractivity contribution is 7.80. The molecule has 1 aromatic carbocycles. The number of hydrogen-bond donors (Lipinski definition) is 2. The number of nitrogens with one attached hydrogen (secondary N) is 2. The minimum absolute atomic E-state index is 0.0295. The minimum Gasteiger partial charge on any atom is -0.362 e. The molecule has 2 rings (SSSR count). The van der Waals surface area contributed by atoms with Crippen molar-refractivity contribution < 1.29 is 4.92 Å². The van der Waals surface area contributed by atoms with E-state index < -0.39 is 4.92 Å². The number of non-ortho nitro benzene ring substituents is 1. The highest BCUT2D eigenvalue weighted by atomic mass is 32.1. The number of aromatic nitrogens is 2. The molecule has 0 radical (unpaired) electrons. The number of benzene rings is 1. The maximum Gasteiger partial charge on any atom is 0.271 e. The third kappa shape index (κ3) is 4.81. The summed E-state index contributed by atoms with van der Waals surface area (Å²) in [6.45, 7) is 3.45. The van der Waals surface area contributed by atoms with Crippen molar-refractivity contribution >= 4 is 28.7 Å². The van der Waals surface area contributed by atoms with Crippen molar-refractivity contribution in [1.29, 1.82) is 0 Å². The van der Waals surface area contributed by atoms with Crippen LogP contribution in [-0.4, -0.2) is 26.4 Å². The van der Waals surface area contributed by atoms with E-state index in [2.05, 4.69) is 15.7 Å². The monoisotopic (exact) mass is 319 g/mol. The second kappa shape index (κ2) is 7.51. The predicted octanol–water partition coefficient (Wildman–Crippen LogP) is 2.48. The molecule has 0 bridgehead atoms. The third-order valence-electron chi connectivity index (χ3n) is 2.94. The highest BCUT2D eigenvalue weighted by Gasteiger charge is 2.06. The van der Waals surface area contributed by atoms with E-state index in [0.29, 0.717) is 17.3 Å². The van der Waals surface area contributed by atoms with Gasteiger partial charge in [-0.2, -0.15) is 5.10 Å². The molecule has 7 nitrogen and oxygen atoms in total. The Kier molecular flexibility index (Phi) is 5.42. The van der Waals surface area contributed by atoms with Crippen molar-refractivity contribution in [2.75, 3.05) is 11.9 Å². The molecule has 2 aromatic rings. The lowest BCUT2D eigenvalue weighted by Crippen LogP contribution is -2.29. The fourth-order valence-corrected chi connectivity index (χ4v) is 2.12. The first-order valence-electron chi connectivity index (χ1n) is 6.84. The van der Waals surface area contributed by atoms with Crippen LogP contribution in [0, 0.1) is 17.0 Å². The van der Waals surface area contributed by atoms with Crippen molar-refractivity contribution in [2.45, 2.75) is 19.9 Å². The van der Waals surface area contributed by atoms with Gasteiger partial charge in [-0.3, -0.25) is 14.8 Å². The molecule has 0 amide bonds. The molecule has 22 heavy (non-hydrogen) atoms. The largest absolute Gasteiger partial charge is 0.362 e. The molecule has 0 aliphatic rings. The lowest BCUT2D eigenvalue weighted by atomic mass is 10.3. The lowest BCUT2D eigenvalue weighted by molar-refractivity contribution is -0.384. The van der Waals surface area contributed by atoms with E-state index >= 15 is 0 Å². The summed E-state index contributed by atoms with van der Waals surface area (Å²) in [6, 6.07) is 8.19. The first kappa shape index (κ1) is 15.9. The van der Waals surface area contributed by atoms with Gasteiger partial charge in [0.2, 0.25) is 0 Å². The zero-order valence-electron chi connectivity index (χ0n) is 12.2. The van der Waals surface area contributed by atoms with Crippen molar-refractivity contribution in [2.24, 2.45) is 0 Å². The molecular weight excluding hydrogens is 302 g/mol. The first-order valence-corrected chi connectivity index (χ1v) is 7.25. The topological polar surface area (TPSA) is 85.0 Å². The summed E-state index contributed by atoms with van der Waals surface area (Å²) in [6.07, 6.45) is 2.81. The predicted molar refractivity (Wildman–Crippen MR) is 88.9 cm³/mol. The quantitative estimate of drug-likeness (QED) is 0.368. The zero-order chi connectivity index (χ0) is 15.9. The van der Waals surface area contributed by atoms with Gasteiger partial charge in [0.25, 0.3) is 5.69 Å². The number of thiocarbonyl (C=S) groups is 1. The van der Waals surface area contributed by atoms with Crippen LogP contribution in [-0.2, 0) is 6.54 Å². The second-order valence-corrected chi connectivity index (χ2v) is 5.17. The molecule has 2 N–H and O–H groups in total. The standard InChI is InChI=1S/C14H17N5O2S/c1-11-6-9-18(17-11)8-3-7-15-14(22)16-12-4-2-5-13(10-12)19(20)21/h2,4-6,9-10H,3,7-8H2,1H3,(H2,15,16,22). The van der Waals surface area contributed by atoms with Crippen LogP contribution in [0.25, 0.3) is 0 Å². The SMILES string of the molecule is Cc1ccn(CCCNC(=S)Nc2cccc([N+](=O)[O-])c2)n1. The van der Waals surface area contributed by atoms with Crippen molar-refractivity contribution in [3.63, 3.8) is 0 Å². The molecule has 0 unspecified atom stereocenters. The van der Waals surface area contributed by atoms with Crippen LogP contribution < -0.4 is 10.6 Å². The Morgan fingerprint density at radius 3 is 2.95 bits per heavy atom. The Labute approximate surface area is 133 Å². The van der Waals surface area contributed by atoms with E-state index in [9.17, 15) is 10.1 Å². The smallest absolute Gasteiger partial charge is 0.271 e. The average Bonchev–Trinajstić information content (AvgIpc) is 2.89. The first-order chi connectivity index (χ1) is 10.5. The molecule has 0 saturated carbocycles. The number of nitro benzene ring substituents is 1. The fourth-order valence-electron chi connectivity index (χ4n) is 1.90. The summed E-state index contributed by atoms with van der Waals surface area (Å²) < 4.78 is 1.88. The van der Waals surface area contributed by atoms with Gasteiger partial charge < -0.3 is 10.6 Å². The van der Waals surface area contributed by atoms with Crippen molar-refractivity contribution in [3.05, 3.63) is 52.3 Å². The van der Waals surface area contributed by atoms with Gasteiger partial charge in [0.05, 0.1) is 10.6 Å². The Bertz CT molecular complexity index is 671. The molecule has 116 valence electrons. The minimum atomic E-state index is -0.437. The van der Waals surface area contributed by atoms with Crippen LogP contribution >= 0.6 is 12.2 Å². The van der Waals surface area contributed by atoms with Gasteiger partial charge in [-0.05, 0) is 37.7 Å². The maximum absolute atomic E-state index is 10.7. The Hall–Kier alpha value is -2.48. The summed E-state index contributed by atoms with van der Waals surface area (Å²) in [5, 5.41) is 21.4. The Balaban J connectivity index is 1.73. The Morgan fingerprint density at radius 1 is 1.45 bits per heavy atom. The summed E-state index contributed by atoms with van der Waals surface area (Å²) in [5.74, 6) is 0. The maximum atomic E-state index is 10.7. The number of aryl methyl sites for hydroxylation is 2. The summed E-state index contributed by atoms with van der Waals surface area (Å²) in [4.78, 5) is 10.3. The average molecular weight is 319 g/mol. The number of nitro groups is 1. The van der Waals surface area contributed by atoms with Gasteiger partial charge in [0, 0.05) is 37.1 Å². The van der Waals surface area contributed by atoms with Gasteiger partial charge in [-0.15, -0.1) is 0 Å². The Morgan fingerprint density at radius 2 is 2.27 bits per heavy atom. The second-order valence-electron chi connectivity index (χ2n) is 4.76. The lowest BCUT2D eigenvalue weighted by Gasteiger charge is -2.10. The molecule has 0 aliphatic heterocycles. The van der Waals surface area contributed by atoms with E-state index in [1.165, 1.54) is 12.1 Å². The highest BCUT2D eigenvalue weighted by Crippen LogP contribution is 2.16.